The molecule has 1 heterocycles. The van der Waals surface area contributed by atoms with Crippen molar-refractivity contribution in [2.45, 2.75) is 46.1 Å². The molecule has 0 fully saturated rings. The van der Waals surface area contributed by atoms with Gasteiger partial charge in [-0.15, -0.1) is 0 Å². The lowest BCUT2D eigenvalue weighted by molar-refractivity contribution is -0.115. The van der Waals surface area contributed by atoms with E-state index >= 15 is 0 Å². The predicted octanol–water partition coefficient (Wildman–Crippen LogP) is 3.96. The second kappa shape index (κ2) is 6.61. The van der Waals surface area contributed by atoms with Crippen LogP contribution in [0.1, 0.15) is 37.8 Å². The van der Waals surface area contributed by atoms with Crippen molar-refractivity contribution in [2.75, 3.05) is 18.0 Å². The highest BCUT2D eigenvalue weighted by atomic mass is 16.5. The molecule has 1 aliphatic heterocycles. The summed E-state index contributed by atoms with van der Waals surface area (Å²) in [5.41, 5.74) is 4.76. The number of anilines is 1. The summed E-state index contributed by atoms with van der Waals surface area (Å²) in [4.78, 5) is 14.3. The van der Waals surface area contributed by atoms with Crippen LogP contribution in [0.3, 0.4) is 0 Å². The van der Waals surface area contributed by atoms with Gasteiger partial charge in [-0.2, -0.15) is 0 Å². The molecule has 0 amide bonds. The smallest absolute Gasteiger partial charge is 0.166 e. The normalized spacial score (nSPS) is 19.8. The van der Waals surface area contributed by atoms with E-state index in [1.807, 2.05) is 12.2 Å². The summed E-state index contributed by atoms with van der Waals surface area (Å²) in [5.74, 6) is 1.02. The van der Waals surface area contributed by atoms with Crippen LogP contribution in [0.2, 0.25) is 0 Å². The third-order valence-electron chi connectivity index (χ3n) is 4.83. The first-order chi connectivity index (χ1) is 11.1. The lowest BCUT2D eigenvalue weighted by Crippen LogP contribution is -2.22. The van der Waals surface area contributed by atoms with E-state index in [2.05, 4.69) is 43.9 Å². The third-order valence-corrected chi connectivity index (χ3v) is 4.83. The SMILES string of the molecule is CCN(CC)c1ccc(C[C@H]2CC3=C(C=CCC3=O)O2)c(C)c1. The Morgan fingerprint density at radius 1 is 1.26 bits per heavy atom. The van der Waals surface area contributed by atoms with Crippen LogP contribution >= 0.6 is 0 Å². The molecule has 0 unspecified atom stereocenters. The molecule has 0 aromatic heterocycles. The Labute approximate surface area is 138 Å². The summed E-state index contributed by atoms with van der Waals surface area (Å²) in [6.07, 6.45) is 6.06. The number of carbonyl (C=O) groups excluding carboxylic acids is 1. The molecule has 0 spiro atoms. The fraction of sp³-hybridized carbons (Fsp3) is 0.450. The molecule has 3 nitrogen and oxygen atoms in total. The van der Waals surface area contributed by atoms with Crippen molar-refractivity contribution >= 4 is 11.5 Å². The minimum Gasteiger partial charge on any atom is -0.489 e. The number of hydrogen-bond donors (Lipinski definition) is 0. The van der Waals surface area contributed by atoms with Crippen molar-refractivity contribution in [3.63, 3.8) is 0 Å². The largest absolute Gasteiger partial charge is 0.489 e. The number of carbonyl (C=O) groups is 1. The van der Waals surface area contributed by atoms with Crippen LogP contribution in [-0.2, 0) is 16.0 Å². The molecule has 3 heteroatoms. The molecule has 0 radical (unpaired) electrons. The van der Waals surface area contributed by atoms with Gasteiger partial charge in [-0.1, -0.05) is 12.1 Å². The maximum Gasteiger partial charge on any atom is 0.166 e. The Morgan fingerprint density at radius 2 is 2.04 bits per heavy atom. The number of aryl methyl sites for hydroxylation is 1. The van der Waals surface area contributed by atoms with E-state index in [9.17, 15) is 4.79 Å². The Morgan fingerprint density at radius 3 is 2.70 bits per heavy atom. The van der Waals surface area contributed by atoms with E-state index in [4.69, 9.17) is 4.74 Å². The van der Waals surface area contributed by atoms with Gasteiger partial charge in [0.2, 0.25) is 0 Å². The van der Waals surface area contributed by atoms with Crippen molar-refractivity contribution in [1.29, 1.82) is 0 Å². The van der Waals surface area contributed by atoms with Gasteiger partial charge >= 0.3 is 0 Å². The van der Waals surface area contributed by atoms with Gasteiger partial charge in [0, 0.05) is 43.6 Å². The summed E-state index contributed by atoms with van der Waals surface area (Å²) in [6, 6.07) is 6.67. The van der Waals surface area contributed by atoms with Crippen LogP contribution in [0.25, 0.3) is 0 Å². The van der Waals surface area contributed by atoms with Crippen molar-refractivity contribution < 1.29 is 9.53 Å². The van der Waals surface area contributed by atoms with Gasteiger partial charge in [-0.05, 0) is 50.1 Å². The van der Waals surface area contributed by atoms with E-state index < -0.39 is 0 Å². The second-order valence-electron chi connectivity index (χ2n) is 6.30. The minimum absolute atomic E-state index is 0.0877. The Bertz CT molecular complexity index is 668. The maximum atomic E-state index is 11.9. The molecule has 122 valence electrons. The van der Waals surface area contributed by atoms with Crippen LogP contribution in [0.15, 0.2) is 41.7 Å². The Kier molecular flexibility index (Phi) is 4.56. The molecule has 0 saturated carbocycles. The highest BCUT2D eigenvalue weighted by molar-refractivity contribution is 5.98. The van der Waals surface area contributed by atoms with Gasteiger partial charge in [0.05, 0.1) is 0 Å². The Balaban J connectivity index is 1.70. The van der Waals surface area contributed by atoms with Crippen LogP contribution in [0, 0.1) is 6.92 Å². The number of hydrogen-bond acceptors (Lipinski definition) is 3. The molecule has 3 rings (SSSR count). The van der Waals surface area contributed by atoms with Crippen molar-refractivity contribution in [3.8, 4) is 0 Å². The summed E-state index contributed by atoms with van der Waals surface area (Å²) in [7, 11) is 0. The number of nitrogens with zero attached hydrogens (tertiary/aromatic N) is 1. The molecule has 1 aliphatic carbocycles. The molecule has 0 saturated heterocycles. The van der Waals surface area contributed by atoms with Gasteiger partial charge in [-0.3, -0.25) is 4.79 Å². The standard InChI is InChI=1S/C20H25NO2/c1-4-21(5-2)16-10-9-15(14(3)11-16)12-17-13-18-19(22)7-6-8-20(18)23-17/h6,8-11,17H,4-5,7,12-13H2,1-3H3/t17-/m0/s1. The molecular formula is C20H25NO2. The van der Waals surface area contributed by atoms with Gasteiger partial charge < -0.3 is 9.64 Å². The molecule has 0 N–H and O–H groups in total. The molecule has 0 bridgehead atoms. The van der Waals surface area contributed by atoms with Gasteiger partial charge in [0.15, 0.2) is 5.78 Å². The molecule has 23 heavy (non-hydrogen) atoms. The zero-order valence-corrected chi connectivity index (χ0v) is 14.3. The zero-order valence-electron chi connectivity index (χ0n) is 14.3. The molecular weight excluding hydrogens is 286 g/mol. The fourth-order valence-electron chi connectivity index (χ4n) is 3.46. The van der Waals surface area contributed by atoms with E-state index in [1.165, 1.54) is 16.8 Å². The number of ketones is 1. The average Bonchev–Trinajstić information content (AvgIpc) is 2.95. The monoisotopic (exact) mass is 311 g/mol. The van der Waals surface area contributed by atoms with Crippen LogP contribution in [0.4, 0.5) is 5.69 Å². The van der Waals surface area contributed by atoms with Crippen molar-refractivity contribution in [2.24, 2.45) is 0 Å². The summed E-state index contributed by atoms with van der Waals surface area (Å²) in [6.45, 7) is 8.56. The molecule has 2 aliphatic rings. The second-order valence-corrected chi connectivity index (χ2v) is 6.30. The van der Waals surface area contributed by atoms with Crippen LogP contribution in [-0.4, -0.2) is 25.0 Å². The van der Waals surface area contributed by atoms with E-state index in [-0.39, 0.29) is 11.9 Å². The quantitative estimate of drug-likeness (QED) is 0.824. The minimum atomic E-state index is 0.0877. The molecule has 1 atom stereocenters. The number of rotatable bonds is 5. The van der Waals surface area contributed by atoms with Gasteiger partial charge in [-0.25, -0.2) is 0 Å². The average molecular weight is 311 g/mol. The maximum absolute atomic E-state index is 11.9. The molecule has 1 aromatic carbocycles. The number of ether oxygens (including phenoxy) is 1. The first kappa shape index (κ1) is 15.9. The fourth-order valence-corrected chi connectivity index (χ4v) is 3.46. The van der Waals surface area contributed by atoms with E-state index in [1.54, 1.807) is 0 Å². The zero-order chi connectivity index (χ0) is 16.4. The highest BCUT2D eigenvalue weighted by Crippen LogP contribution is 2.32. The summed E-state index contributed by atoms with van der Waals surface area (Å²) >= 11 is 0. The van der Waals surface area contributed by atoms with Gasteiger partial charge in [0.1, 0.15) is 11.9 Å². The van der Waals surface area contributed by atoms with E-state index in [0.717, 1.165) is 37.3 Å². The first-order valence-corrected chi connectivity index (χ1v) is 8.56. The number of allylic oxidation sites excluding steroid dienone is 2. The summed E-state index contributed by atoms with van der Waals surface area (Å²) in [5, 5.41) is 0. The predicted molar refractivity (Wildman–Crippen MR) is 93.7 cm³/mol. The number of Topliss-reactive ketones (excluding diaryl/α,β-unsaturated/α-hetero) is 1. The van der Waals surface area contributed by atoms with Crippen molar-refractivity contribution in [3.05, 3.63) is 52.8 Å². The Hall–Kier alpha value is -2.03. The van der Waals surface area contributed by atoms with Crippen LogP contribution in [0.5, 0.6) is 0 Å². The lowest BCUT2D eigenvalue weighted by Gasteiger charge is -2.22. The topological polar surface area (TPSA) is 29.5 Å². The first-order valence-electron chi connectivity index (χ1n) is 8.56. The molecule has 1 aromatic rings. The number of benzene rings is 1. The third kappa shape index (κ3) is 3.19. The van der Waals surface area contributed by atoms with Crippen LogP contribution < -0.4 is 4.90 Å². The lowest BCUT2D eigenvalue weighted by atomic mass is 9.95. The highest BCUT2D eigenvalue weighted by Gasteiger charge is 2.30. The van der Waals surface area contributed by atoms with Gasteiger partial charge in [0.25, 0.3) is 0 Å². The van der Waals surface area contributed by atoms with E-state index in [0.29, 0.717) is 6.42 Å². The summed E-state index contributed by atoms with van der Waals surface area (Å²) < 4.78 is 5.98. The van der Waals surface area contributed by atoms with Crippen molar-refractivity contribution in [1.82, 2.24) is 0 Å².